The van der Waals surface area contributed by atoms with E-state index in [9.17, 15) is 8.76 Å². The maximum atomic E-state index is 11.4. The van der Waals surface area contributed by atoms with Gasteiger partial charge >= 0.3 is 0 Å². The predicted molar refractivity (Wildman–Crippen MR) is 68.9 cm³/mol. The summed E-state index contributed by atoms with van der Waals surface area (Å²) in [7, 11) is -3.51. The Bertz CT molecular complexity index is 462. The van der Waals surface area contributed by atoms with Gasteiger partial charge in [0.1, 0.15) is 0 Å². The summed E-state index contributed by atoms with van der Waals surface area (Å²) in [5, 5.41) is 0. The highest BCUT2D eigenvalue weighted by atomic mass is 32.8. The van der Waals surface area contributed by atoms with Gasteiger partial charge in [-0.05, 0) is 57.3 Å². The summed E-state index contributed by atoms with van der Waals surface area (Å²) in [5.41, 5.74) is 1.92. The van der Waals surface area contributed by atoms with Crippen LogP contribution in [0.15, 0.2) is 23.1 Å². The first-order chi connectivity index (χ1) is 7.30. The quantitative estimate of drug-likeness (QED) is 0.832. The lowest BCUT2D eigenvalue weighted by molar-refractivity contribution is 0.531. The molecule has 0 aromatic heterocycles. The molecule has 0 aliphatic carbocycles. The summed E-state index contributed by atoms with van der Waals surface area (Å²) >= 11 is 4.53. The van der Waals surface area contributed by atoms with E-state index in [2.05, 4.69) is 25.0 Å². The molecule has 0 aliphatic heterocycles. The van der Waals surface area contributed by atoms with Gasteiger partial charge in [-0.25, -0.2) is 0 Å². The molecular formula is C12H17O2S2-. The van der Waals surface area contributed by atoms with E-state index in [1.807, 2.05) is 13.0 Å². The molecule has 90 valence electrons. The van der Waals surface area contributed by atoms with E-state index < -0.39 is 8.77 Å². The molecular weight excluding hydrogens is 240 g/mol. The molecule has 0 spiro atoms. The van der Waals surface area contributed by atoms with E-state index in [1.165, 1.54) is 0 Å². The Kier molecular flexibility index (Phi) is 4.47. The van der Waals surface area contributed by atoms with Gasteiger partial charge in [0.25, 0.3) is 0 Å². The monoisotopic (exact) mass is 257 g/mol. The zero-order valence-corrected chi connectivity index (χ0v) is 11.5. The number of hydrogen-bond donors (Lipinski definition) is 0. The molecule has 1 aromatic carbocycles. The molecule has 0 heterocycles. The molecule has 1 atom stereocenters. The van der Waals surface area contributed by atoms with Crippen LogP contribution < -0.4 is 0 Å². The highest BCUT2D eigenvalue weighted by Gasteiger charge is 2.07. The van der Waals surface area contributed by atoms with E-state index in [4.69, 9.17) is 0 Å². The summed E-state index contributed by atoms with van der Waals surface area (Å²) < 4.78 is 22.8. The van der Waals surface area contributed by atoms with Gasteiger partial charge < -0.3 is 4.55 Å². The Morgan fingerprint density at radius 1 is 1.44 bits per heavy atom. The average molecular weight is 257 g/mol. The van der Waals surface area contributed by atoms with Crippen LogP contribution in [-0.2, 0) is 26.4 Å². The number of aryl methyl sites for hydroxylation is 2. The molecule has 16 heavy (non-hydrogen) atoms. The van der Waals surface area contributed by atoms with Crippen LogP contribution in [0, 0.1) is 12.8 Å². The lowest BCUT2D eigenvalue weighted by atomic mass is 10.0. The van der Waals surface area contributed by atoms with Gasteiger partial charge in [-0.15, -0.1) is 0 Å². The predicted octanol–water partition coefficient (Wildman–Crippen LogP) is 2.82. The molecule has 0 aliphatic rings. The fraction of sp³-hybridized carbons (Fsp3) is 0.500. The Balaban J connectivity index is 3.09. The van der Waals surface area contributed by atoms with Gasteiger partial charge in [0.2, 0.25) is 0 Å². The van der Waals surface area contributed by atoms with Gasteiger partial charge in [-0.2, -0.15) is 0 Å². The summed E-state index contributed by atoms with van der Waals surface area (Å²) in [4.78, 5) is 0.300. The molecule has 0 saturated carbocycles. The van der Waals surface area contributed by atoms with Crippen LogP contribution in [0.25, 0.3) is 0 Å². The number of rotatable bonds is 4. The SMILES string of the molecule is Cc1ccc(S(=O)([O-])=S)c(CCC(C)C)c1. The number of benzene rings is 1. The molecule has 4 heteroatoms. The van der Waals surface area contributed by atoms with E-state index in [1.54, 1.807) is 12.1 Å². The van der Waals surface area contributed by atoms with Crippen molar-refractivity contribution >= 4 is 20.0 Å². The number of hydrogen-bond acceptors (Lipinski definition) is 3. The standard InChI is InChI=1S/C12H18O2S2/c1-9(2)4-6-11-8-10(3)5-7-12(11)16(13,14)15/h5,7-9H,4,6H2,1-3H3,(H,13,14,15)/p-1. The van der Waals surface area contributed by atoms with Crippen LogP contribution in [0.5, 0.6) is 0 Å². The first-order valence-corrected chi connectivity index (χ1v) is 7.77. The van der Waals surface area contributed by atoms with Crippen molar-refractivity contribution in [2.75, 3.05) is 0 Å². The van der Waals surface area contributed by atoms with Crippen LogP contribution in [-0.4, -0.2) is 8.76 Å². The van der Waals surface area contributed by atoms with Crippen molar-refractivity contribution < 1.29 is 8.76 Å². The summed E-state index contributed by atoms with van der Waals surface area (Å²) in [6.45, 7) is 6.20. The molecule has 0 N–H and O–H groups in total. The van der Waals surface area contributed by atoms with Gasteiger partial charge in [0, 0.05) is 4.90 Å². The third-order valence-electron chi connectivity index (χ3n) is 2.48. The maximum absolute atomic E-state index is 11.4. The minimum atomic E-state index is -3.51. The van der Waals surface area contributed by atoms with Gasteiger partial charge in [-0.1, -0.05) is 31.5 Å². The lowest BCUT2D eigenvalue weighted by Gasteiger charge is -2.17. The van der Waals surface area contributed by atoms with Crippen molar-refractivity contribution in [3.63, 3.8) is 0 Å². The van der Waals surface area contributed by atoms with Crippen molar-refractivity contribution in [1.82, 2.24) is 0 Å². The van der Waals surface area contributed by atoms with Crippen molar-refractivity contribution in [3.8, 4) is 0 Å². The van der Waals surface area contributed by atoms with Gasteiger partial charge in [-0.3, -0.25) is 4.21 Å². The second kappa shape index (κ2) is 5.25. The van der Waals surface area contributed by atoms with Crippen molar-refractivity contribution in [2.24, 2.45) is 5.92 Å². The molecule has 0 amide bonds. The Morgan fingerprint density at radius 2 is 2.06 bits per heavy atom. The molecule has 0 saturated heterocycles. The average Bonchev–Trinajstić information content (AvgIpc) is 2.12. The second-order valence-corrected chi connectivity index (χ2v) is 7.16. The highest BCUT2D eigenvalue weighted by molar-refractivity contribution is 8.29. The van der Waals surface area contributed by atoms with Crippen LogP contribution in [0.1, 0.15) is 31.4 Å². The Hall–Kier alpha value is -0.450. The molecule has 0 radical (unpaired) electrons. The minimum absolute atomic E-state index is 0.300. The zero-order chi connectivity index (χ0) is 12.3. The third-order valence-corrected chi connectivity index (χ3v) is 3.95. The first kappa shape index (κ1) is 13.6. The second-order valence-electron chi connectivity index (χ2n) is 4.50. The van der Waals surface area contributed by atoms with Crippen LogP contribution >= 0.6 is 0 Å². The normalized spacial score (nSPS) is 15.1. The molecule has 0 fully saturated rings. The summed E-state index contributed by atoms with van der Waals surface area (Å²) in [6.07, 6.45) is 1.74. The highest BCUT2D eigenvalue weighted by Crippen LogP contribution is 2.20. The lowest BCUT2D eigenvalue weighted by Crippen LogP contribution is -2.04. The first-order valence-electron chi connectivity index (χ1n) is 5.36. The largest absolute Gasteiger partial charge is 0.766 e. The maximum Gasteiger partial charge on any atom is 0.0313 e. The minimum Gasteiger partial charge on any atom is -0.766 e. The third kappa shape index (κ3) is 3.85. The molecule has 1 unspecified atom stereocenters. The van der Waals surface area contributed by atoms with Gasteiger partial charge in [0.05, 0.1) is 0 Å². The topological polar surface area (TPSA) is 40.1 Å². The van der Waals surface area contributed by atoms with E-state index >= 15 is 0 Å². The zero-order valence-electron chi connectivity index (χ0n) is 9.86. The molecule has 0 bridgehead atoms. The molecule has 1 aromatic rings. The van der Waals surface area contributed by atoms with Crippen molar-refractivity contribution in [2.45, 2.75) is 38.5 Å². The Morgan fingerprint density at radius 3 is 2.56 bits per heavy atom. The molecule has 1 rings (SSSR count). The fourth-order valence-electron chi connectivity index (χ4n) is 1.59. The van der Waals surface area contributed by atoms with Crippen molar-refractivity contribution in [1.29, 1.82) is 0 Å². The van der Waals surface area contributed by atoms with Crippen LogP contribution in [0.3, 0.4) is 0 Å². The Labute approximate surface area is 103 Å². The smallest absolute Gasteiger partial charge is 0.0313 e. The van der Waals surface area contributed by atoms with E-state index in [0.717, 1.165) is 24.0 Å². The fourth-order valence-corrected chi connectivity index (χ4v) is 2.80. The molecule has 2 nitrogen and oxygen atoms in total. The summed E-state index contributed by atoms with van der Waals surface area (Å²) in [6, 6.07) is 5.33. The summed E-state index contributed by atoms with van der Waals surface area (Å²) in [5.74, 6) is 0.557. The van der Waals surface area contributed by atoms with E-state index in [0.29, 0.717) is 10.8 Å². The van der Waals surface area contributed by atoms with Gasteiger partial charge in [0.15, 0.2) is 0 Å². The van der Waals surface area contributed by atoms with Crippen LogP contribution in [0.4, 0.5) is 0 Å². The van der Waals surface area contributed by atoms with Crippen LogP contribution in [0.2, 0.25) is 0 Å². The van der Waals surface area contributed by atoms with Crippen molar-refractivity contribution in [3.05, 3.63) is 29.3 Å². The van der Waals surface area contributed by atoms with E-state index in [-0.39, 0.29) is 0 Å².